The predicted molar refractivity (Wildman–Crippen MR) is 79.4 cm³/mol. The van der Waals surface area contributed by atoms with Crippen LogP contribution >= 0.6 is 0 Å². The number of nitrogens with zero attached hydrogens (tertiary/aromatic N) is 2. The average Bonchev–Trinajstić information content (AvgIpc) is 2.82. The van der Waals surface area contributed by atoms with Crippen molar-refractivity contribution in [2.75, 3.05) is 11.9 Å². The van der Waals surface area contributed by atoms with Gasteiger partial charge in [0.25, 0.3) is 0 Å². The molecule has 0 spiro atoms. The lowest BCUT2D eigenvalue weighted by molar-refractivity contribution is -0.114. The Morgan fingerprint density at radius 2 is 2.05 bits per heavy atom. The molecule has 106 valence electrons. The zero-order valence-corrected chi connectivity index (χ0v) is 11.9. The van der Waals surface area contributed by atoms with Crippen LogP contribution in [-0.4, -0.2) is 22.2 Å². The maximum absolute atomic E-state index is 10.9. The van der Waals surface area contributed by atoms with Crippen LogP contribution in [0.15, 0.2) is 36.7 Å². The summed E-state index contributed by atoms with van der Waals surface area (Å²) in [6.45, 7) is 6.08. The van der Waals surface area contributed by atoms with E-state index in [1.54, 1.807) is 0 Å². The Balaban J connectivity index is 1.72. The normalized spacial score (nSPS) is 10.5. The summed E-state index contributed by atoms with van der Waals surface area (Å²) in [5, 5.41) is 10.4. The molecule has 0 saturated heterocycles. The van der Waals surface area contributed by atoms with Gasteiger partial charge in [-0.05, 0) is 30.2 Å². The third-order valence-electron chi connectivity index (χ3n) is 2.88. The smallest absolute Gasteiger partial charge is 0.221 e. The predicted octanol–water partition coefficient (Wildman–Crippen LogP) is 1.94. The van der Waals surface area contributed by atoms with Gasteiger partial charge >= 0.3 is 0 Å². The fraction of sp³-hybridized carbons (Fsp3) is 0.333. The SMILES string of the molecule is CC(=O)Nc1ccc(CNCCn2cc(C)cn2)cc1. The summed E-state index contributed by atoms with van der Waals surface area (Å²) in [5.74, 6) is -0.0506. The van der Waals surface area contributed by atoms with Crippen LogP contribution in [0.2, 0.25) is 0 Å². The van der Waals surface area contributed by atoms with Gasteiger partial charge in [-0.1, -0.05) is 12.1 Å². The zero-order chi connectivity index (χ0) is 14.4. The molecule has 2 aromatic rings. The number of amides is 1. The summed E-state index contributed by atoms with van der Waals surface area (Å²) in [5.41, 5.74) is 3.20. The van der Waals surface area contributed by atoms with Gasteiger partial charge in [0.2, 0.25) is 5.91 Å². The van der Waals surface area contributed by atoms with Crippen LogP contribution in [0.3, 0.4) is 0 Å². The first-order valence-electron chi connectivity index (χ1n) is 6.70. The Kier molecular flexibility index (Phi) is 4.90. The largest absolute Gasteiger partial charge is 0.326 e. The molecule has 1 amide bonds. The molecule has 0 saturated carbocycles. The van der Waals surface area contributed by atoms with E-state index in [1.807, 2.05) is 48.3 Å². The van der Waals surface area contributed by atoms with Crippen molar-refractivity contribution in [3.05, 3.63) is 47.8 Å². The standard InChI is InChI=1S/C15H20N4O/c1-12-9-17-19(11-12)8-7-16-10-14-3-5-15(6-4-14)18-13(2)20/h3-6,9,11,16H,7-8,10H2,1-2H3,(H,18,20). The van der Waals surface area contributed by atoms with Crippen LogP contribution in [0.1, 0.15) is 18.1 Å². The highest BCUT2D eigenvalue weighted by Gasteiger charge is 1.97. The van der Waals surface area contributed by atoms with E-state index in [2.05, 4.69) is 15.7 Å². The molecule has 2 rings (SSSR count). The highest BCUT2D eigenvalue weighted by molar-refractivity contribution is 5.88. The second kappa shape index (κ2) is 6.86. The monoisotopic (exact) mass is 272 g/mol. The van der Waals surface area contributed by atoms with Crippen LogP contribution in [0.25, 0.3) is 0 Å². The molecule has 5 heteroatoms. The second-order valence-electron chi connectivity index (χ2n) is 4.84. The van der Waals surface area contributed by atoms with Gasteiger partial charge in [-0.3, -0.25) is 9.48 Å². The average molecular weight is 272 g/mol. The number of carbonyl (C=O) groups excluding carboxylic acids is 1. The number of benzene rings is 1. The lowest BCUT2D eigenvalue weighted by atomic mass is 10.2. The quantitative estimate of drug-likeness (QED) is 0.790. The van der Waals surface area contributed by atoms with Gasteiger partial charge < -0.3 is 10.6 Å². The van der Waals surface area contributed by atoms with Gasteiger partial charge in [0, 0.05) is 31.9 Å². The summed E-state index contributed by atoms with van der Waals surface area (Å²) in [6.07, 6.45) is 3.89. The summed E-state index contributed by atoms with van der Waals surface area (Å²) in [6, 6.07) is 7.84. The Morgan fingerprint density at radius 1 is 1.30 bits per heavy atom. The third-order valence-corrected chi connectivity index (χ3v) is 2.88. The zero-order valence-electron chi connectivity index (χ0n) is 11.9. The number of hydrogen-bond donors (Lipinski definition) is 2. The molecule has 1 heterocycles. The lowest BCUT2D eigenvalue weighted by Crippen LogP contribution is -2.19. The third kappa shape index (κ3) is 4.51. The van der Waals surface area contributed by atoms with Crippen LogP contribution < -0.4 is 10.6 Å². The first-order chi connectivity index (χ1) is 9.63. The molecule has 0 unspecified atom stereocenters. The van der Waals surface area contributed by atoms with E-state index < -0.39 is 0 Å². The van der Waals surface area contributed by atoms with Crippen LogP contribution in [0.5, 0.6) is 0 Å². The molecular weight excluding hydrogens is 252 g/mol. The van der Waals surface area contributed by atoms with Crippen molar-refractivity contribution in [1.82, 2.24) is 15.1 Å². The van der Waals surface area contributed by atoms with Gasteiger partial charge in [-0.15, -0.1) is 0 Å². The number of rotatable bonds is 6. The van der Waals surface area contributed by atoms with Crippen molar-refractivity contribution >= 4 is 11.6 Å². The molecule has 1 aromatic carbocycles. The van der Waals surface area contributed by atoms with E-state index >= 15 is 0 Å². The van der Waals surface area contributed by atoms with Crippen LogP contribution in [0, 0.1) is 6.92 Å². The summed E-state index contributed by atoms with van der Waals surface area (Å²) in [7, 11) is 0. The summed E-state index contributed by atoms with van der Waals surface area (Å²) in [4.78, 5) is 10.9. The molecule has 0 aliphatic heterocycles. The fourth-order valence-electron chi connectivity index (χ4n) is 1.92. The van der Waals surface area contributed by atoms with Crippen molar-refractivity contribution < 1.29 is 4.79 Å². The van der Waals surface area contributed by atoms with E-state index in [0.29, 0.717) is 0 Å². The minimum Gasteiger partial charge on any atom is -0.326 e. The maximum Gasteiger partial charge on any atom is 0.221 e. The van der Waals surface area contributed by atoms with Gasteiger partial charge in [-0.2, -0.15) is 5.10 Å². The number of carbonyl (C=O) groups is 1. The minimum atomic E-state index is -0.0506. The molecular formula is C15H20N4O. The van der Waals surface area contributed by atoms with Gasteiger partial charge in [-0.25, -0.2) is 0 Å². The molecule has 0 atom stereocenters. The van der Waals surface area contributed by atoms with Crippen LogP contribution in [0.4, 0.5) is 5.69 Å². The molecule has 0 aliphatic carbocycles. The first kappa shape index (κ1) is 14.3. The molecule has 0 fully saturated rings. The molecule has 0 radical (unpaired) electrons. The van der Waals surface area contributed by atoms with Crippen LogP contribution in [-0.2, 0) is 17.9 Å². The molecule has 5 nitrogen and oxygen atoms in total. The Labute approximate surface area is 119 Å². The van der Waals surface area contributed by atoms with Crippen molar-refractivity contribution in [1.29, 1.82) is 0 Å². The maximum atomic E-state index is 10.9. The molecule has 20 heavy (non-hydrogen) atoms. The Bertz CT molecular complexity index is 560. The summed E-state index contributed by atoms with van der Waals surface area (Å²) < 4.78 is 1.93. The molecule has 0 bridgehead atoms. The van der Waals surface area contributed by atoms with Gasteiger partial charge in [0.15, 0.2) is 0 Å². The fourth-order valence-corrected chi connectivity index (χ4v) is 1.92. The van der Waals surface area contributed by atoms with E-state index in [0.717, 1.165) is 25.3 Å². The number of hydrogen-bond acceptors (Lipinski definition) is 3. The Morgan fingerprint density at radius 3 is 2.65 bits per heavy atom. The summed E-state index contributed by atoms with van der Waals surface area (Å²) >= 11 is 0. The van der Waals surface area contributed by atoms with Crippen molar-refractivity contribution in [2.45, 2.75) is 26.9 Å². The first-order valence-corrected chi connectivity index (χ1v) is 6.70. The molecule has 1 aromatic heterocycles. The van der Waals surface area contributed by atoms with Gasteiger partial charge in [0.05, 0.1) is 12.7 Å². The minimum absolute atomic E-state index is 0.0506. The number of aromatic nitrogens is 2. The Hall–Kier alpha value is -2.14. The highest BCUT2D eigenvalue weighted by atomic mass is 16.1. The van der Waals surface area contributed by atoms with E-state index in [1.165, 1.54) is 18.1 Å². The lowest BCUT2D eigenvalue weighted by Gasteiger charge is -2.07. The van der Waals surface area contributed by atoms with Crippen molar-refractivity contribution in [3.8, 4) is 0 Å². The number of aryl methyl sites for hydroxylation is 1. The van der Waals surface area contributed by atoms with Crippen molar-refractivity contribution in [3.63, 3.8) is 0 Å². The molecule has 0 aliphatic rings. The van der Waals surface area contributed by atoms with Gasteiger partial charge in [0.1, 0.15) is 0 Å². The van der Waals surface area contributed by atoms with E-state index in [-0.39, 0.29) is 5.91 Å². The van der Waals surface area contributed by atoms with Crippen molar-refractivity contribution in [2.24, 2.45) is 0 Å². The number of nitrogens with one attached hydrogen (secondary N) is 2. The topological polar surface area (TPSA) is 59.0 Å². The highest BCUT2D eigenvalue weighted by Crippen LogP contribution is 2.09. The second-order valence-corrected chi connectivity index (χ2v) is 4.84. The number of anilines is 1. The van der Waals surface area contributed by atoms with E-state index in [9.17, 15) is 4.79 Å². The van der Waals surface area contributed by atoms with E-state index in [4.69, 9.17) is 0 Å². The molecule has 2 N–H and O–H groups in total.